The molecule has 1 saturated heterocycles. The maximum absolute atomic E-state index is 12.8. The van der Waals surface area contributed by atoms with Crippen LogP contribution in [-0.2, 0) is 0 Å². The van der Waals surface area contributed by atoms with Crippen molar-refractivity contribution in [2.75, 3.05) is 32.1 Å². The number of methoxy groups -OCH3 is 1. The van der Waals surface area contributed by atoms with Gasteiger partial charge in [-0.2, -0.15) is 0 Å². The molecular formula is C20H28ClN3O2. The van der Waals surface area contributed by atoms with E-state index in [9.17, 15) is 4.79 Å². The average molecular weight is 378 g/mol. The van der Waals surface area contributed by atoms with Crippen LogP contribution >= 0.6 is 11.6 Å². The number of ether oxygens (including phenoxy) is 1. The Balaban J connectivity index is 1.37. The molecule has 0 spiro atoms. The summed E-state index contributed by atoms with van der Waals surface area (Å²) in [5.74, 6) is 2.28. The molecule has 6 heteroatoms. The number of nitrogens with one attached hydrogen (secondary N) is 1. The Kier molecular flexibility index (Phi) is 4.91. The highest BCUT2D eigenvalue weighted by Gasteiger charge is 2.45. The number of hydrogen-bond donors (Lipinski definition) is 1. The van der Waals surface area contributed by atoms with Crippen molar-refractivity contribution in [2.45, 2.75) is 44.2 Å². The third-order valence-electron chi connectivity index (χ3n) is 5.97. The molecular weight excluding hydrogens is 350 g/mol. The second kappa shape index (κ2) is 7.18. The molecule has 1 heterocycles. The summed E-state index contributed by atoms with van der Waals surface area (Å²) in [6.45, 7) is 1.67. The summed E-state index contributed by atoms with van der Waals surface area (Å²) in [4.78, 5) is 17.0. The first-order valence-corrected chi connectivity index (χ1v) is 10.1. The zero-order chi connectivity index (χ0) is 18.3. The maximum Gasteiger partial charge on any atom is 0.317 e. The molecule has 3 fully saturated rings. The Hall–Kier alpha value is -1.62. The van der Waals surface area contributed by atoms with Gasteiger partial charge < -0.3 is 19.9 Å². The van der Waals surface area contributed by atoms with Gasteiger partial charge in [-0.25, -0.2) is 4.79 Å². The highest BCUT2D eigenvalue weighted by atomic mass is 35.5. The molecule has 142 valence electrons. The van der Waals surface area contributed by atoms with Crippen molar-refractivity contribution >= 4 is 23.3 Å². The number of benzene rings is 1. The van der Waals surface area contributed by atoms with Gasteiger partial charge in [-0.1, -0.05) is 11.6 Å². The smallest absolute Gasteiger partial charge is 0.317 e. The lowest BCUT2D eigenvalue weighted by molar-refractivity contribution is 0.171. The van der Waals surface area contributed by atoms with Gasteiger partial charge in [0.15, 0.2) is 0 Å². The highest BCUT2D eigenvalue weighted by Crippen LogP contribution is 2.46. The molecule has 2 amide bonds. The number of halogens is 1. The predicted molar refractivity (Wildman–Crippen MR) is 104 cm³/mol. The first kappa shape index (κ1) is 17.8. The molecule has 1 atom stereocenters. The fraction of sp³-hybridized carbons (Fsp3) is 0.650. The molecule has 1 aromatic rings. The first-order valence-electron chi connectivity index (χ1n) is 9.68. The molecule has 0 bridgehead atoms. The lowest BCUT2D eigenvalue weighted by atomic mass is 10.1. The molecule has 1 aliphatic heterocycles. The molecule has 0 aromatic heterocycles. The minimum absolute atomic E-state index is 0.0821. The van der Waals surface area contributed by atoms with Crippen molar-refractivity contribution in [3.8, 4) is 5.75 Å². The Bertz CT molecular complexity index is 663. The van der Waals surface area contributed by atoms with Crippen LogP contribution in [0.1, 0.15) is 32.1 Å². The standard InChI is InChI=1S/C20H28ClN3O2/c1-23(19(13-3-4-13)14-5-6-14)20(25)22-16-9-10-24(12-16)17-11-15(21)7-8-18(17)26-2/h7-8,11,13-14,16,19H,3-6,9-10,12H2,1-2H3,(H,22,25). The second-order valence-corrected chi connectivity index (χ2v) is 8.41. The number of nitrogens with zero attached hydrogens (tertiary/aromatic N) is 2. The molecule has 1 unspecified atom stereocenters. The Morgan fingerprint density at radius 2 is 1.96 bits per heavy atom. The minimum Gasteiger partial charge on any atom is -0.495 e. The van der Waals surface area contributed by atoms with Crippen LogP contribution in [0.25, 0.3) is 0 Å². The molecule has 3 aliphatic rings. The zero-order valence-corrected chi connectivity index (χ0v) is 16.3. The van der Waals surface area contributed by atoms with Crippen LogP contribution in [0.3, 0.4) is 0 Å². The van der Waals surface area contributed by atoms with E-state index >= 15 is 0 Å². The van der Waals surface area contributed by atoms with E-state index in [0.29, 0.717) is 11.1 Å². The highest BCUT2D eigenvalue weighted by molar-refractivity contribution is 6.30. The minimum atomic E-state index is 0.0821. The van der Waals surface area contributed by atoms with E-state index in [1.165, 1.54) is 25.7 Å². The van der Waals surface area contributed by atoms with Crippen LogP contribution in [0.2, 0.25) is 5.02 Å². The van der Waals surface area contributed by atoms with Gasteiger partial charge in [-0.3, -0.25) is 0 Å². The van der Waals surface area contributed by atoms with E-state index in [4.69, 9.17) is 16.3 Å². The van der Waals surface area contributed by atoms with Crippen molar-refractivity contribution in [3.05, 3.63) is 23.2 Å². The van der Waals surface area contributed by atoms with Gasteiger partial charge in [0.25, 0.3) is 0 Å². The lowest BCUT2D eigenvalue weighted by Crippen LogP contribution is -2.49. The van der Waals surface area contributed by atoms with Crippen LogP contribution in [-0.4, -0.2) is 50.3 Å². The molecule has 5 nitrogen and oxygen atoms in total. The van der Waals surface area contributed by atoms with Gasteiger partial charge in [0.1, 0.15) is 5.75 Å². The molecule has 1 aromatic carbocycles. The number of urea groups is 1. The summed E-state index contributed by atoms with van der Waals surface area (Å²) < 4.78 is 5.47. The molecule has 4 rings (SSSR count). The van der Waals surface area contributed by atoms with E-state index in [2.05, 4.69) is 10.2 Å². The summed E-state index contributed by atoms with van der Waals surface area (Å²) in [6.07, 6.45) is 6.07. The quantitative estimate of drug-likeness (QED) is 0.821. The normalized spacial score (nSPS) is 22.6. The van der Waals surface area contributed by atoms with Crippen LogP contribution in [0.4, 0.5) is 10.5 Å². The second-order valence-electron chi connectivity index (χ2n) is 7.97. The monoisotopic (exact) mass is 377 g/mol. The largest absolute Gasteiger partial charge is 0.495 e. The van der Waals surface area contributed by atoms with Crippen molar-refractivity contribution in [1.82, 2.24) is 10.2 Å². The van der Waals surface area contributed by atoms with Crippen molar-refractivity contribution in [2.24, 2.45) is 11.8 Å². The van der Waals surface area contributed by atoms with Crippen LogP contribution in [0.15, 0.2) is 18.2 Å². The molecule has 1 N–H and O–H groups in total. The molecule has 26 heavy (non-hydrogen) atoms. The Labute approximate surface area is 160 Å². The van der Waals surface area contributed by atoms with Crippen LogP contribution in [0.5, 0.6) is 5.75 Å². The van der Waals surface area contributed by atoms with E-state index < -0.39 is 0 Å². The van der Waals surface area contributed by atoms with Crippen molar-refractivity contribution in [3.63, 3.8) is 0 Å². The number of hydrogen-bond acceptors (Lipinski definition) is 3. The summed E-state index contributed by atoms with van der Waals surface area (Å²) in [7, 11) is 3.65. The zero-order valence-electron chi connectivity index (χ0n) is 15.6. The van der Waals surface area contributed by atoms with E-state index in [0.717, 1.165) is 42.8 Å². The van der Waals surface area contributed by atoms with Crippen LogP contribution in [0, 0.1) is 11.8 Å². The maximum atomic E-state index is 12.8. The Morgan fingerprint density at radius 3 is 2.58 bits per heavy atom. The lowest BCUT2D eigenvalue weighted by Gasteiger charge is -2.30. The summed E-state index contributed by atoms with van der Waals surface area (Å²) in [5, 5.41) is 3.95. The number of amides is 2. The Morgan fingerprint density at radius 1 is 1.27 bits per heavy atom. The number of carbonyl (C=O) groups excluding carboxylic acids is 1. The van der Waals surface area contributed by atoms with E-state index in [1.807, 2.05) is 30.1 Å². The average Bonchev–Trinajstić information content (AvgIpc) is 3.56. The first-order chi connectivity index (χ1) is 12.6. The number of rotatable bonds is 6. The molecule has 2 aliphatic carbocycles. The van der Waals surface area contributed by atoms with Gasteiger partial charge in [0, 0.05) is 37.2 Å². The molecule has 0 radical (unpaired) electrons. The molecule has 2 saturated carbocycles. The third kappa shape index (κ3) is 3.73. The van der Waals surface area contributed by atoms with E-state index in [-0.39, 0.29) is 12.1 Å². The number of carbonyl (C=O) groups is 1. The van der Waals surface area contributed by atoms with Gasteiger partial charge in [-0.05, 0) is 62.1 Å². The van der Waals surface area contributed by atoms with Gasteiger partial charge >= 0.3 is 6.03 Å². The number of anilines is 1. The van der Waals surface area contributed by atoms with Gasteiger partial charge in [0.2, 0.25) is 0 Å². The topological polar surface area (TPSA) is 44.8 Å². The van der Waals surface area contributed by atoms with Gasteiger partial charge in [0.05, 0.1) is 12.8 Å². The summed E-state index contributed by atoms with van der Waals surface area (Å²) in [5.41, 5.74) is 0.999. The third-order valence-corrected chi connectivity index (χ3v) is 6.21. The van der Waals surface area contributed by atoms with Crippen molar-refractivity contribution < 1.29 is 9.53 Å². The van der Waals surface area contributed by atoms with Gasteiger partial charge in [-0.15, -0.1) is 0 Å². The fourth-order valence-electron chi connectivity index (χ4n) is 4.31. The summed E-state index contributed by atoms with van der Waals surface area (Å²) >= 11 is 6.16. The SMILES string of the molecule is COc1ccc(Cl)cc1N1CCC(NC(=O)N(C)C(C2CC2)C2CC2)C1. The predicted octanol–water partition coefficient (Wildman–Crippen LogP) is 3.76. The van der Waals surface area contributed by atoms with E-state index in [1.54, 1.807) is 7.11 Å². The summed E-state index contributed by atoms with van der Waals surface area (Å²) in [6, 6.07) is 6.36. The van der Waals surface area contributed by atoms with Crippen molar-refractivity contribution in [1.29, 1.82) is 0 Å². The fourth-order valence-corrected chi connectivity index (χ4v) is 4.48. The van der Waals surface area contributed by atoms with Crippen LogP contribution < -0.4 is 15.0 Å².